The van der Waals surface area contributed by atoms with Crippen LogP contribution in [-0.4, -0.2) is 81.2 Å². The Kier molecular flexibility index (Phi) is 43.4. The maximum absolute atomic E-state index is 12.8. The quantitative estimate of drug-likeness (QED) is 0.0158. The average molecular weight is 934 g/mol. The minimum Gasteiger partial charge on any atom is -0.756 e. The van der Waals surface area contributed by atoms with Crippen LogP contribution in [0, 0.1) is 0 Å². The van der Waals surface area contributed by atoms with Crippen LogP contribution in [0.15, 0.2) is 72.9 Å². The zero-order valence-electron chi connectivity index (χ0n) is 42.0. The van der Waals surface area contributed by atoms with Crippen molar-refractivity contribution >= 4 is 19.8 Å². The molecule has 0 saturated heterocycles. The lowest BCUT2D eigenvalue weighted by atomic mass is 10.0. The van der Waals surface area contributed by atoms with E-state index >= 15 is 0 Å². The number of carbonyl (C=O) groups excluding carboxylic acids is 2. The van der Waals surface area contributed by atoms with Gasteiger partial charge in [-0.25, -0.2) is 0 Å². The van der Waals surface area contributed by atoms with Gasteiger partial charge in [-0.1, -0.05) is 215 Å². The molecule has 11 heteroatoms. The summed E-state index contributed by atoms with van der Waals surface area (Å²) in [6.07, 6.45) is 54.1. The van der Waals surface area contributed by atoms with Crippen molar-refractivity contribution in [2.75, 3.05) is 47.5 Å². The second-order valence-corrected chi connectivity index (χ2v) is 19.8. The van der Waals surface area contributed by atoms with Gasteiger partial charge in [-0.05, 0) is 44.9 Å². The fourth-order valence-electron chi connectivity index (χ4n) is 6.82. The van der Waals surface area contributed by atoms with Crippen LogP contribution < -0.4 is 4.89 Å². The van der Waals surface area contributed by atoms with E-state index < -0.39 is 38.6 Å². The highest BCUT2D eigenvalue weighted by molar-refractivity contribution is 7.45. The standard InChI is InChI=1S/C54H96NO9P/c1-6-8-10-12-14-16-18-20-22-24-25-26-27-28-30-32-34-36-38-40-42-44-54(58)64-52(50-63-65(59,60)62-48-47-55(3,4)5)49-61-53(57)46-45-51(56)43-41-39-37-35-33-31-29-23-21-19-17-15-13-11-9-7-2/h9,11,15,17,21,23,31,33,37,39,41,43,51-52,56H,6-8,10,12-14,16,18-20,22,24-30,32,34-36,38,40,42,44-50H2,1-5H3/b11-9-,17-15-,23-21-,33-31-,39-37-,43-41-/t51?,52-/m1/s1. The second-order valence-electron chi connectivity index (χ2n) is 18.4. The van der Waals surface area contributed by atoms with Gasteiger partial charge in [0.25, 0.3) is 7.82 Å². The van der Waals surface area contributed by atoms with Crippen molar-refractivity contribution in [3.63, 3.8) is 0 Å². The summed E-state index contributed by atoms with van der Waals surface area (Å²) in [5.41, 5.74) is 0. The number of esters is 2. The molecule has 0 bridgehead atoms. The first-order valence-electron chi connectivity index (χ1n) is 25.8. The van der Waals surface area contributed by atoms with Crippen molar-refractivity contribution in [2.45, 2.75) is 212 Å². The fourth-order valence-corrected chi connectivity index (χ4v) is 7.55. The Morgan fingerprint density at radius 1 is 0.569 bits per heavy atom. The minimum atomic E-state index is -4.69. The number of phosphoric ester groups is 1. The van der Waals surface area contributed by atoms with Crippen LogP contribution in [0.2, 0.25) is 0 Å². The smallest absolute Gasteiger partial charge is 0.306 e. The molecule has 65 heavy (non-hydrogen) atoms. The van der Waals surface area contributed by atoms with Crippen LogP contribution >= 0.6 is 7.82 Å². The van der Waals surface area contributed by atoms with E-state index in [-0.39, 0.29) is 32.5 Å². The van der Waals surface area contributed by atoms with E-state index in [4.69, 9.17) is 18.5 Å². The van der Waals surface area contributed by atoms with Gasteiger partial charge in [0.05, 0.1) is 33.9 Å². The third-order valence-corrected chi connectivity index (χ3v) is 11.8. The molecule has 0 aliphatic heterocycles. The number of rotatable bonds is 46. The second kappa shape index (κ2) is 45.2. The number of aliphatic hydroxyl groups excluding tert-OH is 1. The van der Waals surface area contributed by atoms with E-state index in [2.05, 4.69) is 62.5 Å². The normalized spacial score (nSPS) is 14.5. The molecule has 1 N–H and O–H groups in total. The van der Waals surface area contributed by atoms with Crippen LogP contribution in [0.5, 0.6) is 0 Å². The molecule has 2 unspecified atom stereocenters. The predicted molar refractivity (Wildman–Crippen MR) is 269 cm³/mol. The number of phosphoric acid groups is 1. The molecular weight excluding hydrogens is 838 g/mol. The number of allylic oxidation sites excluding steroid dienone is 11. The summed E-state index contributed by atoms with van der Waals surface area (Å²) in [6, 6.07) is 0. The average Bonchev–Trinajstić information content (AvgIpc) is 3.26. The van der Waals surface area contributed by atoms with Gasteiger partial charge >= 0.3 is 11.9 Å². The largest absolute Gasteiger partial charge is 0.756 e. The number of carbonyl (C=O) groups is 2. The number of likely N-dealkylation sites (N-methyl/N-ethyl adjacent to an activating group) is 1. The highest BCUT2D eigenvalue weighted by Crippen LogP contribution is 2.38. The molecule has 0 aliphatic carbocycles. The van der Waals surface area contributed by atoms with Crippen molar-refractivity contribution in [1.29, 1.82) is 0 Å². The molecule has 0 aromatic rings. The Morgan fingerprint density at radius 2 is 1.02 bits per heavy atom. The van der Waals surface area contributed by atoms with Crippen LogP contribution in [0.4, 0.5) is 0 Å². The third-order valence-electron chi connectivity index (χ3n) is 10.9. The zero-order valence-corrected chi connectivity index (χ0v) is 42.9. The van der Waals surface area contributed by atoms with Crippen molar-refractivity contribution in [3.05, 3.63) is 72.9 Å². The Morgan fingerprint density at radius 3 is 1.48 bits per heavy atom. The van der Waals surface area contributed by atoms with Gasteiger partial charge < -0.3 is 33.0 Å². The van der Waals surface area contributed by atoms with Crippen LogP contribution in [0.3, 0.4) is 0 Å². The molecule has 0 rings (SSSR count). The van der Waals surface area contributed by atoms with E-state index in [1.165, 1.54) is 109 Å². The van der Waals surface area contributed by atoms with Gasteiger partial charge in [0.2, 0.25) is 0 Å². The lowest BCUT2D eigenvalue weighted by Crippen LogP contribution is -2.37. The number of hydrogen-bond donors (Lipinski definition) is 1. The molecular formula is C54H96NO9P. The van der Waals surface area contributed by atoms with Gasteiger partial charge in [-0.15, -0.1) is 0 Å². The molecule has 10 nitrogen and oxygen atoms in total. The first-order chi connectivity index (χ1) is 31.4. The van der Waals surface area contributed by atoms with E-state index in [1.54, 1.807) is 12.2 Å². The maximum Gasteiger partial charge on any atom is 0.306 e. The lowest BCUT2D eigenvalue weighted by molar-refractivity contribution is -0.870. The van der Waals surface area contributed by atoms with Crippen LogP contribution in [0.1, 0.15) is 200 Å². The van der Waals surface area contributed by atoms with E-state index in [0.29, 0.717) is 17.4 Å². The van der Waals surface area contributed by atoms with Gasteiger partial charge in [-0.2, -0.15) is 0 Å². The first kappa shape index (κ1) is 62.4. The van der Waals surface area contributed by atoms with Crippen molar-refractivity contribution < 1.29 is 47.2 Å². The molecule has 0 radical (unpaired) electrons. The third kappa shape index (κ3) is 49.1. The maximum atomic E-state index is 12.8. The van der Waals surface area contributed by atoms with E-state index in [0.717, 1.165) is 51.4 Å². The molecule has 0 spiro atoms. The number of unbranched alkanes of at least 4 members (excludes halogenated alkanes) is 20. The van der Waals surface area contributed by atoms with Gasteiger partial charge in [-0.3, -0.25) is 14.2 Å². The number of nitrogens with zero attached hydrogens (tertiary/aromatic N) is 1. The van der Waals surface area contributed by atoms with E-state index in [9.17, 15) is 24.2 Å². The topological polar surface area (TPSA) is 131 Å². The highest BCUT2D eigenvalue weighted by atomic mass is 31.2. The van der Waals surface area contributed by atoms with Gasteiger partial charge in [0, 0.05) is 12.8 Å². The van der Waals surface area contributed by atoms with Gasteiger partial charge in [0.1, 0.15) is 19.8 Å². The van der Waals surface area contributed by atoms with Crippen LogP contribution in [0.25, 0.3) is 0 Å². The summed E-state index contributed by atoms with van der Waals surface area (Å²) in [5, 5.41) is 10.3. The molecule has 0 fully saturated rings. The number of aliphatic hydroxyl groups is 1. The summed E-state index contributed by atoms with van der Waals surface area (Å²) in [6.45, 7) is 3.86. The van der Waals surface area contributed by atoms with Crippen molar-refractivity contribution in [3.8, 4) is 0 Å². The fraction of sp³-hybridized carbons (Fsp3) is 0.741. The summed E-state index contributed by atoms with van der Waals surface area (Å²) in [7, 11) is 1.04. The molecule has 3 atom stereocenters. The number of hydrogen-bond acceptors (Lipinski definition) is 9. The number of quaternary nitrogens is 1. The summed E-state index contributed by atoms with van der Waals surface area (Å²) in [4.78, 5) is 37.7. The minimum absolute atomic E-state index is 0.0684. The van der Waals surface area contributed by atoms with Crippen LogP contribution in [-0.2, 0) is 32.7 Å². The Hall–Kier alpha value is -2.59. The molecule has 0 heterocycles. The monoisotopic (exact) mass is 934 g/mol. The van der Waals surface area contributed by atoms with Crippen molar-refractivity contribution in [2.24, 2.45) is 0 Å². The number of ether oxygens (including phenoxy) is 2. The lowest BCUT2D eigenvalue weighted by Gasteiger charge is -2.28. The Bertz CT molecular complexity index is 1350. The van der Waals surface area contributed by atoms with Gasteiger partial charge in [0.15, 0.2) is 6.10 Å². The highest BCUT2D eigenvalue weighted by Gasteiger charge is 2.22. The zero-order chi connectivity index (χ0) is 48.0. The van der Waals surface area contributed by atoms with E-state index in [1.807, 2.05) is 33.3 Å². The summed E-state index contributed by atoms with van der Waals surface area (Å²) >= 11 is 0. The van der Waals surface area contributed by atoms with Crippen molar-refractivity contribution in [1.82, 2.24) is 0 Å². The molecule has 0 aliphatic rings. The first-order valence-corrected chi connectivity index (χ1v) is 27.2. The predicted octanol–water partition coefficient (Wildman–Crippen LogP) is 13.7. The molecule has 0 saturated carbocycles. The molecule has 0 aromatic heterocycles. The molecule has 0 amide bonds. The Labute approximate surface area is 398 Å². The summed E-state index contributed by atoms with van der Waals surface area (Å²) < 4.78 is 33.8. The summed E-state index contributed by atoms with van der Waals surface area (Å²) in [5.74, 6) is -1.11. The SMILES string of the molecule is CC/C=C\C/C=C\C/C=C\C/C=C\C/C=C\C=C/C(O)CCC(=O)OC[C@H](COP(=O)([O-])OCC[N+](C)(C)C)OC(=O)CCCCCCCCCCCCCCCCCCCCCCC. The Balaban J connectivity index is 4.44. The molecule has 376 valence electrons. The molecule has 0 aromatic carbocycles.